The molecule has 0 bridgehead atoms. The number of nitrogens with zero attached hydrogens (tertiary/aromatic N) is 2. The summed E-state index contributed by atoms with van der Waals surface area (Å²) in [5.74, 6) is 0.213. The topological polar surface area (TPSA) is 76.7 Å². The van der Waals surface area contributed by atoms with Gasteiger partial charge in [-0.2, -0.15) is 0 Å². The minimum Gasteiger partial charge on any atom is -0.326 e. The van der Waals surface area contributed by atoms with E-state index < -0.39 is 0 Å². The summed E-state index contributed by atoms with van der Waals surface area (Å²) in [5.41, 5.74) is 4.12. The van der Waals surface area contributed by atoms with Crippen LogP contribution in [0.5, 0.6) is 0 Å². The van der Waals surface area contributed by atoms with Gasteiger partial charge in [-0.05, 0) is 75.2 Å². The maximum Gasteiger partial charge on any atom is 0.225 e. The molecule has 2 saturated heterocycles. The van der Waals surface area contributed by atoms with Gasteiger partial charge in [0.05, 0.1) is 0 Å². The Morgan fingerprint density at radius 3 is 1.67 bits per heavy atom. The highest BCUT2D eigenvalue weighted by atomic mass is 16.2. The van der Waals surface area contributed by atoms with Gasteiger partial charge in [0.15, 0.2) is 0 Å². The Balaban J connectivity index is 0.000000201. The van der Waals surface area contributed by atoms with Crippen molar-refractivity contribution >= 4 is 23.2 Å². The molecule has 196 valence electrons. The van der Waals surface area contributed by atoms with E-state index in [2.05, 4.69) is 25.8 Å². The van der Waals surface area contributed by atoms with Crippen molar-refractivity contribution in [3.8, 4) is 0 Å². The lowest BCUT2D eigenvalue weighted by Crippen LogP contribution is -2.44. The van der Waals surface area contributed by atoms with Gasteiger partial charge < -0.3 is 25.8 Å². The normalized spacial score (nSPS) is 16.5. The predicted octanol–water partition coefficient (Wildman–Crippen LogP) is 4.04. The fourth-order valence-electron chi connectivity index (χ4n) is 4.53. The minimum absolute atomic E-state index is 0.0964. The van der Waals surface area contributed by atoms with Crippen LogP contribution in [-0.2, 0) is 9.59 Å². The Bertz CT molecular complexity index is 875. The molecule has 2 amide bonds. The van der Waals surface area contributed by atoms with Gasteiger partial charge in [0.2, 0.25) is 11.8 Å². The van der Waals surface area contributed by atoms with Gasteiger partial charge in [-0.3, -0.25) is 9.59 Å². The summed E-state index contributed by atoms with van der Waals surface area (Å²) >= 11 is 0. The summed E-state index contributed by atoms with van der Waals surface area (Å²) in [6.45, 7) is 12.2. The summed E-state index contributed by atoms with van der Waals surface area (Å²) in [4.78, 5) is 28.4. The monoisotopic (exact) mass is 493 g/mol. The van der Waals surface area contributed by atoms with Gasteiger partial charge in [-0.25, -0.2) is 0 Å². The van der Waals surface area contributed by atoms with E-state index in [1.54, 1.807) is 0 Å². The fraction of sp³-hybridized carbons (Fsp3) is 0.517. The molecule has 0 saturated carbocycles. The summed E-state index contributed by atoms with van der Waals surface area (Å²) < 4.78 is 0. The van der Waals surface area contributed by atoms with Crippen LogP contribution in [0.15, 0.2) is 48.5 Å². The lowest BCUT2D eigenvalue weighted by atomic mass is 10.1. The van der Waals surface area contributed by atoms with Gasteiger partial charge in [0, 0.05) is 63.5 Å². The third-order valence-corrected chi connectivity index (χ3v) is 6.57. The first-order valence-corrected chi connectivity index (χ1v) is 13.4. The third kappa shape index (κ3) is 10.9. The molecule has 2 aliphatic heterocycles. The van der Waals surface area contributed by atoms with Crippen molar-refractivity contribution in [2.75, 3.05) is 63.0 Å². The standard InChI is InChI=1S/C15H22N2O.C14H21N3O/c1-13-6-5-7-14(12-13)16-15(18)8-11-17-9-3-2-4-10-17;1-12-3-2-4-13(11-12)16-14(18)5-8-17-9-6-15-7-10-17/h5-7,12H,2-4,8-11H2,1H3,(H,16,18);2-4,11,15H,5-10H2,1H3,(H,16,18). The quantitative estimate of drug-likeness (QED) is 0.518. The summed E-state index contributed by atoms with van der Waals surface area (Å²) in [6.07, 6.45) is 5.05. The molecule has 2 heterocycles. The molecule has 36 heavy (non-hydrogen) atoms. The van der Waals surface area contributed by atoms with Crippen LogP contribution in [0, 0.1) is 13.8 Å². The number of hydrogen-bond acceptors (Lipinski definition) is 5. The van der Waals surface area contributed by atoms with E-state index in [1.807, 2.05) is 62.4 Å². The lowest BCUT2D eigenvalue weighted by molar-refractivity contribution is -0.117. The van der Waals surface area contributed by atoms with Gasteiger partial charge in [0.1, 0.15) is 0 Å². The zero-order valence-corrected chi connectivity index (χ0v) is 22.0. The number of nitrogens with one attached hydrogen (secondary N) is 3. The number of piperidine rings is 1. The van der Waals surface area contributed by atoms with Gasteiger partial charge >= 0.3 is 0 Å². The lowest BCUT2D eigenvalue weighted by Gasteiger charge is -2.26. The second kappa shape index (κ2) is 15.4. The van der Waals surface area contributed by atoms with E-state index in [-0.39, 0.29) is 11.8 Å². The van der Waals surface area contributed by atoms with Crippen molar-refractivity contribution in [3.05, 3.63) is 59.7 Å². The maximum absolute atomic E-state index is 11.8. The van der Waals surface area contributed by atoms with Crippen LogP contribution in [0.1, 0.15) is 43.2 Å². The van der Waals surface area contributed by atoms with Gasteiger partial charge in [-0.15, -0.1) is 0 Å². The van der Waals surface area contributed by atoms with Crippen molar-refractivity contribution < 1.29 is 9.59 Å². The first kappa shape index (κ1) is 27.8. The Morgan fingerprint density at radius 1 is 0.722 bits per heavy atom. The van der Waals surface area contributed by atoms with Gasteiger partial charge in [-0.1, -0.05) is 30.7 Å². The average molecular weight is 494 g/mol. The molecule has 0 atom stereocenters. The molecular weight excluding hydrogens is 450 g/mol. The molecule has 0 aromatic heterocycles. The van der Waals surface area contributed by atoms with Crippen molar-refractivity contribution in [1.29, 1.82) is 0 Å². The zero-order valence-electron chi connectivity index (χ0n) is 22.0. The second-order valence-electron chi connectivity index (χ2n) is 9.83. The highest BCUT2D eigenvalue weighted by molar-refractivity contribution is 5.91. The van der Waals surface area contributed by atoms with E-state index >= 15 is 0 Å². The van der Waals surface area contributed by atoms with Crippen molar-refractivity contribution in [2.24, 2.45) is 0 Å². The molecule has 4 rings (SSSR count). The minimum atomic E-state index is 0.0964. The van der Waals surface area contributed by atoms with Gasteiger partial charge in [0.25, 0.3) is 0 Å². The first-order chi connectivity index (χ1) is 17.5. The van der Waals surface area contributed by atoms with E-state index in [0.29, 0.717) is 12.8 Å². The largest absolute Gasteiger partial charge is 0.326 e. The van der Waals surface area contributed by atoms with Crippen LogP contribution < -0.4 is 16.0 Å². The number of hydrogen-bond donors (Lipinski definition) is 3. The molecule has 7 heteroatoms. The highest BCUT2D eigenvalue weighted by Crippen LogP contribution is 2.12. The molecule has 7 nitrogen and oxygen atoms in total. The van der Waals surface area contributed by atoms with Crippen LogP contribution in [0.2, 0.25) is 0 Å². The molecule has 0 radical (unpaired) electrons. The van der Waals surface area contributed by atoms with E-state index in [0.717, 1.165) is 69.3 Å². The number of benzene rings is 2. The summed E-state index contributed by atoms with van der Waals surface area (Å²) in [6, 6.07) is 15.8. The number of amides is 2. The smallest absolute Gasteiger partial charge is 0.225 e. The molecule has 0 spiro atoms. The van der Waals surface area contributed by atoms with Crippen LogP contribution in [0.3, 0.4) is 0 Å². The number of likely N-dealkylation sites (tertiary alicyclic amines) is 1. The Hall–Kier alpha value is -2.74. The number of aryl methyl sites for hydroxylation is 2. The van der Waals surface area contributed by atoms with Crippen LogP contribution in [0.25, 0.3) is 0 Å². The zero-order chi connectivity index (χ0) is 25.6. The summed E-state index contributed by atoms with van der Waals surface area (Å²) in [5, 5.41) is 9.20. The SMILES string of the molecule is Cc1cccc(NC(=O)CCN2CCCCC2)c1.Cc1cccc(NC(=O)CCN2CCNCC2)c1. The maximum atomic E-state index is 11.8. The Kier molecular flexibility index (Phi) is 11.9. The number of piperazine rings is 1. The molecule has 2 aliphatic rings. The first-order valence-electron chi connectivity index (χ1n) is 13.4. The van der Waals surface area contributed by atoms with Crippen molar-refractivity contribution in [3.63, 3.8) is 0 Å². The third-order valence-electron chi connectivity index (χ3n) is 6.57. The van der Waals surface area contributed by atoms with Crippen LogP contribution in [0.4, 0.5) is 11.4 Å². The van der Waals surface area contributed by atoms with E-state index in [9.17, 15) is 9.59 Å². The van der Waals surface area contributed by atoms with E-state index in [1.165, 1.54) is 24.8 Å². The molecular formula is C29H43N5O2. The molecule has 2 aromatic rings. The molecule has 0 unspecified atom stereocenters. The fourth-order valence-corrected chi connectivity index (χ4v) is 4.53. The predicted molar refractivity (Wildman–Crippen MR) is 148 cm³/mol. The molecule has 2 fully saturated rings. The number of carbonyl (C=O) groups is 2. The molecule has 3 N–H and O–H groups in total. The highest BCUT2D eigenvalue weighted by Gasteiger charge is 2.12. The molecule has 2 aromatic carbocycles. The second-order valence-corrected chi connectivity index (χ2v) is 9.83. The van der Waals surface area contributed by atoms with Crippen LogP contribution >= 0.6 is 0 Å². The molecule has 0 aliphatic carbocycles. The Morgan fingerprint density at radius 2 is 1.19 bits per heavy atom. The van der Waals surface area contributed by atoms with Crippen LogP contribution in [-0.4, -0.2) is 74.0 Å². The number of anilines is 2. The number of carbonyl (C=O) groups excluding carboxylic acids is 2. The van der Waals surface area contributed by atoms with E-state index in [4.69, 9.17) is 0 Å². The van der Waals surface area contributed by atoms with Crippen molar-refractivity contribution in [2.45, 2.75) is 46.0 Å². The summed E-state index contributed by atoms with van der Waals surface area (Å²) in [7, 11) is 0. The van der Waals surface area contributed by atoms with Crippen molar-refractivity contribution in [1.82, 2.24) is 15.1 Å². The Labute approximate surface area is 216 Å². The average Bonchev–Trinajstić information content (AvgIpc) is 2.88. The number of rotatable bonds is 8.